The van der Waals surface area contributed by atoms with Gasteiger partial charge in [0.15, 0.2) is 5.75 Å². The summed E-state index contributed by atoms with van der Waals surface area (Å²) >= 11 is 7.16. The number of methoxy groups -OCH3 is 1. The van der Waals surface area contributed by atoms with Crippen molar-refractivity contribution in [2.24, 2.45) is 0 Å². The normalized spacial score (nSPS) is 15.0. The van der Waals surface area contributed by atoms with Crippen LogP contribution < -0.4 is 14.8 Å². The minimum atomic E-state index is -0.242. The number of benzene rings is 1. The molecule has 0 radical (unpaired) electrons. The lowest BCUT2D eigenvalue weighted by Crippen LogP contribution is -2.25. The summed E-state index contributed by atoms with van der Waals surface area (Å²) in [7, 11) is 1.68. The van der Waals surface area contributed by atoms with Crippen LogP contribution in [0, 0.1) is 13.8 Å². The van der Waals surface area contributed by atoms with Gasteiger partial charge in [-0.25, -0.2) is 0 Å². The summed E-state index contributed by atoms with van der Waals surface area (Å²) in [6.07, 6.45) is 2.62. The maximum Gasteiger partial charge on any atom is 0.166 e. The van der Waals surface area contributed by atoms with Crippen LogP contribution in [0.25, 0.3) is 0 Å². The number of nitrogens with zero attached hydrogens (tertiary/aromatic N) is 1. The van der Waals surface area contributed by atoms with Crippen LogP contribution in [-0.2, 0) is 6.42 Å². The summed E-state index contributed by atoms with van der Waals surface area (Å²) in [5, 5.41) is 3.54. The van der Waals surface area contributed by atoms with Crippen LogP contribution in [0.1, 0.15) is 30.7 Å². The summed E-state index contributed by atoms with van der Waals surface area (Å²) in [5.41, 5.74) is 4.81. The zero-order valence-electron chi connectivity index (χ0n) is 14.4. The van der Waals surface area contributed by atoms with Gasteiger partial charge in [0, 0.05) is 23.9 Å². The number of nitrogens with one attached hydrogen (secondary N) is 1. The van der Waals surface area contributed by atoms with E-state index < -0.39 is 0 Å². The molecule has 0 aliphatic carbocycles. The molecule has 2 aromatic rings. The van der Waals surface area contributed by atoms with Crippen LogP contribution in [0.4, 0.5) is 11.4 Å². The van der Waals surface area contributed by atoms with E-state index in [-0.39, 0.29) is 5.60 Å². The van der Waals surface area contributed by atoms with E-state index in [1.165, 1.54) is 0 Å². The first-order valence-corrected chi connectivity index (χ1v) is 9.29. The van der Waals surface area contributed by atoms with Crippen molar-refractivity contribution in [2.75, 3.05) is 12.4 Å². The van der Waals surface area contributed by atoms with Crippen molar-refractivity contribution in [1.82, 2.24) is 4.98 Å². The molecule has 0 saturated carbocycles. The topological polar surface area (TPSA) is 43.4 Å². The van der Waals surface area contributed by atoms with Gasteiger partial charge in [0.2, 0.25) is 0 Å². The molecule has 1 aliphatic rings. The number of rotatable bonds is 3. The molecule has 1 aromatic heterocycles. The van der Waals surface area contributed by atoms with E-state index in [1.807, 2.05) is 19.2 Å². The van der Waals surface area contributed by atoms with Crippen LogP contribution >= 0.6 is 31.9 Å². The number of ether oxygens (including phenoxy) is 2. The maximum atomic E-state index is 6.14. The van der Waals surface area contributed by atoms with E-state index in [1.54, 1.807) is 7.11 Å². The molecule has 0 atom stereocenters. The van der Waals surface area contributed by atoms with E-state index in [0.717, 1.165) is 55.1 Å². The summed E-state index contributed by atoms with van der Waals surface area (Å²) in [4.78, 5) is 4.51. The van der Waals surface area contributed by atoms with Crippen LogP contribution in [0.2, 0.25) is 0 Å². The van der Waals surface area contributed by atoms with Crippen molar-refractivity contribution in [1.29, 1.82) is 0 Å². The van der Waals surface area contributed by atoms with Gasteiger partial charge in [0.05, 0.1) is 27.4 Å². The fraction of sp³-hybridized carbons (Fsp3) is 0.389. The van der Waals surface area contributed by atoms with Gasteiger partial charge in [-0.3, -0.25) is 4.98 Å². The molecule has 6 heteroatoms. The second-order valence-electron chi connectivity index (χ2n) is 6.63. The van der Waals surface area contributed by atoms with Crippen molar-refractivity contribution < 1.29 is 9.47 Å². The van der Waals surface area contributed by atoms with Crippen LogP contribution in [0.3, 0.4) is 0 Å². The molecule has 0 saturated heterocycles. The monoisotopic (exact) mass is 454 g/mol. The molecule has 128 valence electrons. The second kappa shape index (κ2) is 6.23. The number of hydrogen-bond acceptors (Lipinski definition) is 4. The largest absolute Gasteiger partial charge is 0.495 e. The lowest BCUT2D eigenvalue weighted by atomic mass is 10.1. The van der Waals surface area contributed by atoms with Gasteiger partial charge in [-0.15, -0.1) is 0 Å². The smallest absolute Gasteiger partial charge is 0.166 e. The molecule has 1 N–H and O–H groups in total. The molecule has 0 fully saturated rings. The molecule has 1 aliphatic heterocycles. The molecule has 1 aromatic carbocycles. The first-order valence-electron chi connectivity index (χ1n) is 7.70. The number of aryl methyl sites for hydroxylation is 1. The SMILES string of the molecule is COc1c(Br)cc(C)c(Nc2c(Br)cnc3c2OC(C)(C)C3)c1C. The highest BCUT2D eigenvalue weighted by Gasteiger charge is 2.34. The highest BCUT2D eigenvalue weighted by Crippen LogP contribution is 2.46. The van der Waals surface area contributed by atoms with Gasteiger partial charge in [-0.2, -0.15) is 0 Å². The lowest BCUT2D eigenvalue weighted by Gasteiger charge is -2.21. The van der Waals surface area contributed by atoms with Gasteiger partial charge in [0.25, 0.3) is 0 Å². The van der Waals surface area contributed by atoms with Crippen LogP contribution in [0.15, 0.2) is 21.2 Å². The maximum absolute atomic E-state index is 6.14. The van der Waals surface area contributed by atoms with Gasteiger partial charge in [0.1, 0.15) is 11.4 Å². The molecule has 3 rings (SSSR count). The van der Waals surface area contributed by atoms with Gasteiger partial charge in [-0.05, 0) is 71.2 Å². The van der Waals surface area contributed by atoms with Crippen molar-refractivity contribution in [3.8, 4) is 11.5 Å². The number of halogens is 2. The van der Waals surface area contributed by atoms with E-state index in [2.05, 4.69) is 62.9 Å². The van der Waals surface area contributed by atoms with E-state index in [4.69, 9.17) is 9.47 Å². The van der Waals surface area contributed by atoms with E-state index in [9.17, 15) is 0 Å². The second-order valence-corrected chi connectivity index (χ2v) is 8.34. The summed E-state index contributed by atoms with van der Waals surface area (Å²) in [6.45, 7) is 8.26. The van der Waals surface area contributed by atoms with Crippen LogP contribution in [0.5, 0.6) is 11.5 Å². The minimum absolute atomic E-state index is 0.242. The highest BCUT2D eigenvalue weighted by molar-refractivity contribution is 9.11. The number of fused-ring (bicyclic) bond motifs is 1. The lowest BCUT2D eigenvalue weighted by molar-refractivity contribution is 0.139. The Hall–Kier alpha value is -1.27. The zero-order valence-corrected chi connectivity index (χ0v) is 17.6. The molecular weight excluding hydrogens is 436 g/mol. The molecule has 0 spiro atoms. The summed E-state index contributed by atoms with van der Waals surface area (Å²) in [6, 6.07) is 2.05. The fourth-order valence-electron chi connectivity index (χ4n) is 3.06. The number of anilines is 2. The summed E-state index contributed by atoms with van der Waals surface area (Å²) in [5.74, 6) is 1.64. The molecule has 0 bridgehead atoms. The number of aromatic nitrogens is 1. The number of pyridine rings is 1. The molecule has 0 amide bonds. The van der Waals surface area contributed by atoms with Gasteiger partial charge < -0.3 is 14.8 Å². The molecule has 24 heavy (non-hydrogen) atoms. The first kappa shape index (κ1) is 17.5. The third-order valence-electron chi connectivity index (χ3n) is 4.16. The zero-order chi connectivity index (χ0) is 17.6. The molecule has 4 nitrogen and oxygen atoms in total. The van der Waals surface area contributed by atoms with Crippen LogP contribution in [-0.4, -0.2) is 17.7 Å². The van der Waals surface area contributed by atoms with Crippen molar-refractivity contribution in [3.63, 3.8) is 0 Å². The highest BCUT2D eigenvalue weighted by atomic mass is 79.9. The molecular formula is C18H20Br2N2O2. The van der Waals surface area contributed by atoms with Crippen molar-refractivity contribution in [3.05, 3.63) is 38.0 Å². The third-order valence-corrected chi connectivity index (χ3v) is 5.35. The third kappa shape index (κ3) is 3.02. The Kier molecular flexibility index (Phi) is 4.55. The number of hydrogen-bond donors (Lipinski definition) is 1. The minimum Gasteiger partial charge on any atom is -0.495 e. The Morgan fingerprint density at radius 3 is 2.58 bits per heavy atom. The van der Waals surface area contributed by atoms with E-state index >= 15 is 0 Å². The fourth-order valence-corrected chi connectivity index (χ4v) is 4.25. The molecule has 0 unspecified atom stereocenters. The standard InChI is InChI=1S/C18H20Br2N2O2/c1-9-6-11(19)16(23-5)10(2)14(9)22-15-12(20)8-21-13-7-18(3,4)24-17(13)15/h6,8H,7H2,1-5H3,(H,21,22). The quantitative estimate of drug-likeness (QED) is 0.645. The average molecular weight is 456 g/mol. The Morgan fingerprint density at radius 1 is 1.21 bits per heavy atom. The Balaban J connectivity index is 2.10. The Bertz CT molecular complexity index is 819. The predicted octanol–water partition coefficient (Wildman–Crippen LogP) is 5.69. The van der Waals surface area contributed by atoms with E-state index in [0.29, 0.717) is 0 Å². The van der Waals surface area contributed by atoms with Gasteiger partial charge >= 0.3 is 0 Å². The average Bonchev–Trinajstić information content (AvgIpc) is 2.80. The van der Waals surface area contributed by atoms with Crippen molar-refractivity contribution >= 4 is 43.2 Å². The Labute approximate surface area is 159 Å². The molecule has 2 heterocycles. The van der Waals surface area contributed by atoms with Crippen molar-refractivity contribution in [2.45, 2.75) is 39.7 Å². The predicted molar refractivity (Wildman–Crippen MR) is 104 cm³/mol. The summed E-state index contributed by atoms with van der Waals surface area (Å²) < 4.78 is 13.5. The Morgan fingerprint density at radius 2 is 1.92 bits per heavy atom. The van der Waals surface area contributed by atoms with Gasteiger partial charge in [-0.1, -0.05) is 0 Å². The first-order chi connectivity index (χ1) is 11.2.